The summed E-state index contributed by atoms with van der Waals surface area (Å²) in [5, 5.41) is 8.69. The van der Waals surface area contributed by atoms with Crippen molar-refractivity contribution >= 4 is 5.97 Å². The van der Waals surface area contributed by atoms with Gasteiger partial charge in [-0.25, -0.2) is 4.98 Å². The number of hydrogen-bond donors (Lipinski definition) is 2. The maximum Gasteiger partial charge on any atom is 0.311 e. The molecular formula is C11H15N3O3. The van der Waals surface area contributed by atoms with E-state index in [1.807, 2.05) is 7.05 Å². The first kappa shape index (κ1) is 11.8. The van der Waals surface area contributed by atoms with E-state index in [1.54, 1.807) is 0 Å². The van der Waals surface area contributed by atoms with Crippen molar-refractivity contribution in [1.82, 2.24) is 14.9 Å². The van der Waals surface area contributed by atoms with Gasteiger partial charge in [0.2, 0.25) is 0 Å². The summed E-state index contributed by atoms with van der Waals surface area (Å²) in [4.78, 5) is 31.3. The molecule has 1 aromatic rings. The molecule has 0 bridgehead atoms. The molecule has 92 valence electrons. The summed E-state index contributed by atoms with van der Waals surface area (Å²) in [6.45, 7) is 1.67. The van der Waals surface area contributed by atoms with Crippen LogP contribution in [0.5, 0.6) is 0 Å². The van der Waals surface area contributed by atoms with Gasteiger partial charge in [-0.2, -0.15) is 0 Å². The maximum atomic E-state index is 11.8. The second-order valence-corrected chi connectivity index (χ2v) is 4.31. The molecule has 6 heteroatoms. The lowest BCUT2D eigenvalue weighted by Crippen LogP contribution is -2.22. The standard InChI is InChI=1S/C11H15N3O3/c1-14-4-2-7-8(3-5-14)12-9(6-10(15)16)13-11(7)17/h2-6H2,1H3,(H,15,16)(H,12,13,17). The predicted octanol–water partition coefficient (Wildman–Crippen LogP) is -0.573. The molecule has 0 fully saturated rings. The van der Waals surface area contributed by atoms with Gasteiger partial charge in [0.1, 0.15) is 12.2 Å². The number of aromatic nitrogens is 2. The van der Waals surface area contributed by atoms with Gasteiger partial charge in [-0.3, -0.25) is 9.59 Å². The van der Waals surface area contributed by atoms with E-state index in [9.17, 15) is 9.59 Å². The minimum atomic E-state index is -0.987. The Morgan fingerprint density at radius 2 is 2.18 bits per heavy atom. The number of rotatable bonds is 2. The zero-order chi connectivity index (χ0) is 12.4. The van der Waals surface area contributed by atoms with Gasteiger partial charge in [0.25, 0.3) is 5.56 Å². The van der Waals surface area contributed by atoms with Gasteiger partial charge in [-0.05, 0) is 13.5 Å². The lowest BCUT2D eigenvalue weighted by atomic mass is 10.1. The van der Waals surface area contributed by atoms with E-state index in [2.05, 4.69) is 14.9 Å². The van der Waals surface area contributed by atoms with Crippen molar-refractivity contribution in [3.63, 3.8) is 0 Å². The molecule has 0 unspecified atom stereocenters. The van der Waals surface area contributed by atoms with E-state index in [-0.39, 0.29) is 17.8 Å². The highest BCUT2D eigenvalue weighted by Crippen LogP contribution is 2.09. The molecule has 17 heavy (non-hydrogen) atoms. The van der Waals surface area contributed by atoms with E-state index in [0.717, 1.165) is 18.8 Å². The Labute approximate surface area is 98.3 Å². The van der Waals surface area contributed by atoms with Crippen LogP contribution in [0.1, 0.15) is 17.1 Å². The first-order chi connectivity index (χ1) is 8.06. The zero-order valence-electron chi connectivity index (χ0n) is 9.69. The molecule has 0 atom stereocenters. The van der Waals surface area contributed by atoms with Crippen LogP contribution in [0.2, 0.25) is 0 Å². The number of aliphatic carboxylic acids is 1. The summed E-state index contributed by atoms with van der Waals surface area (Å²) in [6, 6.07) is 0. The second kappa shape index (κ2) is 4.67. The van der Waals surface area contributed by atoms with Crippen molar-refractivity contribution in [3.8, 4) is 0 Å². The number of nitrogens with one attached hydrogen (secondary N) is 1. The molecule has 0 aromatic carbocycles. The Morgan fingerprint density at radius 3 is 2.88 bits per heavy atom. The molecule has 2 heterocycles. The Morgan fingerprint density at radius 1 is 1.47 bits per heavy atom. The average Bonchev–Trinajstić information content (AvgIpc) is 2.40. The first-order valence-corrected chi connectivity index (χ1v) is 5.57. The third-order valence-electron chi connectivity index (χ3n) is 2.94. The van der Waals surface area contributed by atoms with Gasteiger partial charge in [-0.15, -0.1) is 0 Å². The molecule has 6 nitrogen and oxygen atoms in total. The van der Waals surface area contributed by atoms with Crippen LogP contribution in [-0.4, -0.2) is 46.1 Å². The third-order valence-corrected chi connectivity index (χ3v) is 2.94. The molecular weight excluding hydrogens is 222 g/mol. The van der Waals surface area contributed by atoms with Crippen LogP contribution >= 0.6 is 0 Å². The average molecular weight is 237 g/mol. The zero-order valence-corrected chi connectivity index (χ0v) is 9.69. The lowest BCUT2D eigenvalue weighted by Gasteiger charge is -2.10. The molecule has 0 amide bonds. The first-order valence-electron chi connectivity index (χ1n) is 5.57. The lowest BCUT2D eigenvalue weighted by molar-refractivity contribution is -0.136. The SMILES string of the molecule is CN1CCc2nc(CC(=O)O)[nH]c(=O)c2CC1. The number of carboxylic acid groups (broad SMARTS) is 1. The molecule has 2 N–H and O–H groups in total. The third kappa shape index (κ3) is 2.71. The van der Waals surface area contributed by atoms with Crippen LogP contribution in [0.4, 0.5) is 0 Å². The van der Waals surface area contributed by atoms with Crippen LogP contribution in [0.15, 0.2) is 4.79 Å². The van der Waals surface area contributed by atoms with Crippen LogP contribution < -0.4 is 5.56 Å². The van der Waals surface area contributed by atoms with E-state index in [4.69, 9.17) is 5.11 Å². The molecule has 0 aliphatic carbocycles. The van der Waals surface area contributed by atoms with E-state index in [1.165, 1.54) is 0 Å². The second-order valence-electron chi connectivity index (χ2n) is 4.31. The fourth-order valence-corrected chi connectivity index (χ4v) is 2.00. The number of nitrogens with zero attached hydrogens (tertiary/aromatic N) is 2. The highest BCUT2D eigenvalue weighted by atomic mass is 16.4. The smallest absolute Gasteiger partial charge is 0.311 e. The Kier molecular flexibility index (Phi) is 3.23. The van der Waals surface area contributed by atoms with Crippen LogP contribution in [0.3, 0.4) is 0 Å². The number of fused-ring (bicyclic) bond motifs is 1. The molecule has 1 aromatic heterocycles. The largest absolute Gasteiger partial charge is 0.481 e. The molecule has 0 saturated carbocycles. The Bertz CT molecular complexity index is 495. The van der Waals surface area contributed by atoms with Crippen LogP contribution in [0.25, 0.3) is 0 Å². The maximum absolute atomic E-state index is 11.8. The fraction of sp³-hybridized carbons (Fsp3) is 0.545. The number of aromatic amines is 1. The monoisotopic (exact) mass is 237 g/mol. The molecule has 0 radical (unpaired) electrons. The Balaban J connectivity index is 2.36. The fourth-order valence-electron chi connectivity index (χ4n) is 2.00. The summed E-state index contributed by atoms with van der Waals surface area (Å²) >= 11 is 0. The highest BCUT2D eigenvalue weighted by molar-refractivity contribution is 5.68. The van der Waals surface area contributed by atoms with E-state index >= 15 is 0 Å². The van der Waals surface area contributed by atoms with Gasteiger partial charge in [0.15, 0.2) is 0 Å². The van der Waals surface area contributed by atoms with Crippen molar-refractivity contribution in [2.24, 2.45) is 0 Å². The van der Waals surface area contributed by atoms with Gasteiger partial charge >= 0.3 is 5.97 Å². The topological polar surface area (TPSA) is 86.3 Å². The minimum Gasteiger partial charge on any atom is -0.481 e. The quantitative estimate of drug-likeness (QED) is 0.719. The molecule has 1 aliphatic heterocycles. The number of hydrogen-bond acceptors (Lipinski definition) is 4. The molecule has 1 aliphatic rings. The molecule has 0 spiro atoms. The van der Waals surface area contributed by atoms with Crippen LogP contribution in [0, 0.1) is 0 Å². The van der Waals surface area contributed by atoms with Crippen molar-refractivity contribution in [2.45, 2.75) is 19.3 Å². The van der Waals surface area contributed by atoms with Crippen molar-refractivity contribution in [3.05, 3.63) is 27.4 Å². The van der Waals surface area contributed by atoms with Gasteiger partial charge in [0.05, 0.1) is 5.69 Å². The summed E-state index contributed by atoms with van der Waals surface area (Å²) < 4.78 is 0. The van der Waals surface area contributed by atoms with Gasteiger partial charge < -0.3 is 15.0 Å². The molecule has 0 saturated heterocycles. The molecule has 2 rings (SSSR count). The van der Waals surface area contributed by atoms with Crippen molar-refractivity contribution in [1.29, 1.82) is 0 Å². The summed E-state index contributed by atoms with van der Waals surface area (Å²) in [6.07, 6.45) is 1.13. The van der Waals surface area contributed by atoms with Crippen molar-refractivity contribution < 1.29 is 9.90 Å². The van der Waals surface area contributed by atoms with E-state index in [0.29, 0.717) is 18.4 Å². The van der Waals surface area contributed by atoms with E-state index < -0.39 is 5.97 Å². The predicted molar refractivity (Wildman–Crippen MR) is 61.1 cm³/mol. The van der Waals surface area contributed by atoms with Crippen LogP contribution in [-0.2, 0) is 24.1 Å². The number of H-pyrrole nitrogens is 1. The number of likely N-dealkylation sites (N-methyl/N-ethyl adjacent to an activating group) is 1. The minimum absolute atomic E-state index is 0.193. The van der Waals surface area contributed by atoms with Gasteiger partial charge in [0, 0.05) is 25.1 Å². The highest BCUT2D eigenvalue weighted by Gasteiger charge is 2.17. The van der Waals surface area contributed by atoms with Gasteiger partial charge in [-0.1, -0.05) is 0 Å². The van der Waals surface area contributed by atoms with Crippen molar-refractivity contribution in [2.75, 3.05) is 20.1 Å². The Hall–Kier alpha value is -1.69. The number of carboxylic acids is 1. The number of carbonyl (C=O) groups is 1. The summed E-state index contributed by atoms with van der Waals surface area (Å²) in [7, 11) is 2.00. The summed E-state index contributed by atoms with van der Waals surface area (Å²) in [5.41, 5.74) is 1.25. The normalized spacial score (nSPS) is 16.3. The summed E-state index contributed by atoms with van der Waals surface area (Å²) in [5.74, 6) is -0.746.